The number of anilines is 1. The quantitative estimate of drug-likeness (QED) is 0.864. The Kier molecular flexibility index (Phi) is 5.15. The van der Waals surface area contributed by atoms with Gasteiger partial charge in [-0.3, -0.25) is 9.78 Å². The molecule has 0 spiro atoms. The third-order valence-electron chi connectivity index (χ3n) is 3.50. The largest absolute Gasteiger partial charge is 0.378 e. The molecule has 0 radical (unpaired) electrons. The van der Waals surface area contributed by atoms with Crippen molar-refractivity contribution < 1.29 is 9.00 Å². The topological polar surface area (TPSA) is 62.6 Å². The van der Waals surface area contributed by atoms with Crippen LogP contribution in [0.3, 0.4) is 0 Å². The van der Waals surface area contributed by atoms with E-state index in [1.807, 2.05) is 38.1 Å². The predicted molar refractivity (Wildman–Crippen MR) is 93.5 cm³/mol. The van der Waals surface area contributed by atoms with Gasteiger partial charge < -0.3 is 4.90 Å². The van der Waals surface area contributed by atoms with Gasteiger partial charge in [0.15, 0.2) is 0 Å². The number of aryl methyl sites for hydroxylation is 1. The van der Waals surface area contributed by atoms with E-state index in [0.717, 1.165) is 17.7 Å². The minimum Gasteiger partial charge on any atom is -0.378 e. The van der Waals surface area contributed by atoms with Gasteiger partial charge in [-0.25, -0.2) is 4.21 Å². The minimum absolute atomic E-state index is 0.365. The monoisotopic (exact) mass is 331 g/mol. The second-order valence-corrected chi connectivity index (χ2v) is 7.78. The Bertz CT molecular complexity index is 820. The molecule has 0 saturated heterocycles. The highest BCUT2D eigenvalue weighted by Gasteiger charge is 2.12. The number of pyridine rings is 1. The summed E-state index contributed by atoms with van der Waals surface area (Å²) in [5.41, 5.74) is 2.31. The lowest BCUT2D eigenvalue weighted by Crippen LogP contribution is -2.09. The van der Waals surface area contributed by atoms with Crippen LogP contribution in [0.25, 0.3) is 0 Å². The zero-order valence-electron chi connectivity index (χ0n) is 13.8. The fourth-order valence-corrected chi connectivity index (χ4v) is 3.23. The fourth-order valence-electron chi connectivity index (χ4n) is 2.06. The Morgan fingerprint density at radius 1 is 1.22 bits per heavy atom. The number of hydrogen-bond donors (Lipinski definition) is 0. The van der Waals surface area contributed by atoms with Crippen molar-refractivity contribution in [1.29, 1.82) is 0 Å². The molecule has 0 aliphatic heterocycles. The van der Waals surface area contributed by atoms with Crippen LogP contribution in [-0.2, 0) is 16.1 Å². The van der Waals surface area contributed by atoms with Gasteiger partial charge in [0.2, 0.25) is 0 Å². The molecule has 2 aromatic rings. The predicted octanol–water partition coefficient (Wildman–Crippen LogP) is 3.01. The Morgan fingerprint density at radius 2 is 1.87 bits per heavy atom. The van der Waals surface area contributed by atoms with E-state index >= 15 is 0 Å². The SMILES string of the molecule is CCc1cncc(C(=O)N=[S@@](C)(=O)c2ccc(N(C)C)cc2)c1. The van der Waals surface area contributed by atoms with Gasteiger partial charge in [0.05, 0.1) is 15.3 Å². The second-order valence-electron chi connectivity index (χ2n) is 5.52. The van der Waals surface area contributed by atoms with Crippen LogP contribution in [0.1, 0.15) is 22.8 Å². The number of benzene rings is 1. The normalized spacial score (nSPS) is 13.2. The third-order valence-corrected chi connectivity index (χ3v) is 5.16. The van der Waals surface area contributed by atoms with Crippen molar-refractivity contribution in [2.75, 3.05) is 25.3 Å². The van der Waals surface area contributed by atoms with Crippen LogP contribution >= 0.6 is 0 Å². The maximum atomic E-state index is 12.8. The molecule has 0 unspecified atom stereocenters. The van der Waals surface area contributed by atoms with E-state index in [1.54, 1.807) is 24.4 Å². The van der Waals surface area contributed by atoms with Crippen LogP contribution in [0, 0.1) is 0 Å². The molecule has 1 aromatic heterocycles. The van der Waals surface area contributed by atoms with Crippen molar-refractivity contribution in [3.05, 3.63) is 53.9 Å². The van der Waals surface area contributed by atoms with E-state index in [9.17, 15) is 9.00 Å². The van der Waals surface area contributed by atoms with Crippen LogP contribution in [0.2, 0.25) is 0 Å². The number of aromatic nitrogens is 1. The first kappa shape index (κ1) is 17.1. The van der Waals surface area contributed by atoms with Crippen molar-refractivity contribution in [3.63, 3.8) is 0 Å². The van der Waals surface area contributed by atoms with E-state index in [-0.39, 0.29) is 0 Å². The molecule has 2 rings (SSSR count). The zero-order valence-corrected chi connectivity index (χ0v) is 14.6. The maximum absolute atomic E-state index is 12.8. The fraction of sp³-hybridized carbons (Fsp3) is 0.294. The molecule has 1 aromatic carbocycles. The standard InChI is InChI=1S/C17H21N3O2S/c1-5-13-10-14(12-18-11-13)17(21)19-23(4,22)16-8-6-15(7-9-16)20(2)3/h6-12H,5H2,1-4H3/t23-/m0/s1. The number of hydrogen-bond acceptors (Lipinski definition) is 4. The Morgan fingerprint density at radius 3 is 2.43 bits per heavy atom. The number of nitrogens with zero attached hydrogens (tertiary/aromatic N) is 3. The highest BCUT2D eigenvalue weighted by molar-refractivity contribution is 7.93. The van der Waals surface area contributed by atoms with E-state index in [2.05, 4.69) is 9.35 Å². The molecule has 5 nitrogen and oxygen atoms in total. The highest BCUT2D eigenvalue weighted by atomic mass is 32.2. The third kappa shape index (κ3) is 4.16. The first-order valence-corrected chi connectivity index (χ1v) is 9.23. The van der Waals surface area contributed by atoms with Crippen molar-refractivity contribution in [2.45, 2.75) is 18.2 Å². The molecule has 0 saturated carbocycles. The molecule has 6 heteroatoms. The van der Waals surface area contributed by atoms with Crippen molar-refractivity contribution in [1.82, 2.24) is 4.98 Å². The van der Waals surface area contributed by atoms with Crippen LogP contribution in [-0.4, -0.2) is 35.5 Å². The molecule has 0 N–H and O–H groups in total. The average molecular weight is 331 g/mol. The van der Waals surface area contributed by atoms with Crippen LogP contribution in [0.5, 0.6) is 0 Å². The first-order chi connectivity index (χ1) is 10.8. The lowest BCUT2D eigenvalue weighted by molar-refractivity contribution is 0.100. The highest BCUT2D eigenvalue weighted by Crippen LogP contribution is 2.18. The maximum Gasteiger partial charge on any atom is 0.286 e. The smallest absolute Gasteiger partial charge is 0.286 e. The zero-order chi connectivity index (χ0) is 17.0. The molecule has 1 atom stereocenters. The van der Waals surface area contributed by atoms with Gasteiger partial charge in [0.1, 0.15) is 0 Å². The molecule has 1 heterocycles. The van der Waals surface area contributed by atoms with Gasteiger partial charge in [0.25, 0.3) is 5.91 Å². The second kappa shape index (κ2) is 6.91. The summed E-state index contributed by atoms with van der Waals surface area (Å²) in [6.07, 6.45) is 5.42. The molecule has 0 bridgehead atoms. The molecule has 122 valence electrons. The average Bonchev–Trinajstić information content (AvgIpc) is 2.54. The van der Waals surface area contributed by atoms with Crippen molar-refractivity contribution in [3.8, 4) is 0 Å². The lowest BCUT2D eigenvalue weighted by atomic mass is 10.1. The first-order valence-electron chi connectivity index (χ1n) is 7.31. The van der Waals surface area contributed by atoms with Gasteiger partial charge in [-0.15, -0.1) is 0 Å². The number of carbonyl (C=O) groups is 1. The summed E-state index contributed by atoms with van der Waals surface area (Å²) in [5.74, 6) is -0.503. The van der Waals surface area contributed by atoms with E-state index < -0.39 is 15.6 Å². The molecule has 1 amide bonds. The van der Waals surface area contributed by atoms with Crippen molar-refractivity contribution >= 4 is 21.3 Å². The molecule has 0 fully saturated rings. The molecule has 0 aliphatic carbocycles. The summed E-state index contributed by atoms with van der Waals surface area (Å²) in [5, 5.41) is 0. The Balaban J connectivity index is 2.35. The number of amides is 1. The van der Waals surface area contributed by atoms with Gasteiger partial charge >= 0.3 is 0 Å². The summed E-state index contributed by atoms with van der Waals surface area (Å²) >= 11 is 0. The van der Waals surface area contributed by atoms with Gasteiger partial charge in [-0.1, -0.05) is 6.92 Å². The summed E-state index contributed by atoms with van der Waals surface area (Å²) in [7, 11) is 1.07. The summed E-state index contributed by atoms with van der Waals surface area (Å²) in [6.45, 7) is 1.98. The van der Waals surface area contributed by atoms with E-state index in [0.29, 0.717) is 10.5 Å². The van der Waals surface area contributed by atoms with Gasteiger partial charge in [-0.05, 0) is 42.3 Å². The minimum atomic E-state index is -2.79. The van der Waals surface area contributed by atoms with E-state index in [4.69, 9.17) is 0 Å². The van der Waals surface area contributed by atoms with Crippen LogP contribution in [0.4, 0.5) is 5.69 Å². The van der Waals surface area contributed by atoms with Gasteiger partial charge in [-0.2, -0.15) is 4.36 Å². The molecular weight excluding hydrogens is 310 g/mol. The Labute approximate surface area is 137 Å². The summed E-state index contributed by atoms with van der Waals surface area (Å²) in [6, 6.07) is 8.95. The number of carbonyl (C=O) groups excluding carboxylic acids is 1. The Hall–Kier alpha value is -2.21. The summed E-state index contributed by atoms with van der Waals surface area (Å²) in [4.78, 5) is 18.8. The van der Waals surface area contributed by atoms with Gasteiger partial charge in [0, 0.05) is 43.3 Å². The molecular formula is C17H21N3O2S. The van der Waals surface area contributed by atoms with Crippen LogP contribution in [0.15, 0.2) is 52.0 Å². The van der Waals surface area contributed by atoms with Crippen LogP contribution < -0.4 is 4.90 Å². The molecule has 0 aliphatic rings. The lowest BCUT2D eigenvalue weighted by Gasteiger charge is -2.13. The summed E-state index contributed by atoms with van der Waals surface area (Å²) < 4.78 is 16.7. The number of rotatable bonds is 4. The molecule has 23 heavy (non-hydrogen) atoms. The van der Waals surface area contributed by atoms with E-state index in [1.165, 1.54) is 12.5 Å². The van der Waals surface area contributed by atoms with Crippen molar-refractivity contribution in [2.24, 2.45) is 4.36 Å².